The van der Waals surface area contributed by atoms with Gasteiger partial charge >= 0.3 is 5.97 Å². The van der Waals surface area contributed by atoms with Crippen molar-refractivity contribution in [3.63, 3.8) is 0 Å². The van der Waals surface area contributed by atoms with Gasteiger partial charge in [-0.15, -0.1) is 0 Å². The summed E-state index contributed by atoms with van der Waals surface area (Å²) < 4.78 is 18.5. The van der Waals surface area contributed by atoms with Gasteiger partial charge in [0.2, 0.25) is 0 Å². The van der Waals surface area contributed by atoms with Crippen molar-refractivity contribution in [3.05, 3.63) is 23.1 Å². The second kappa shape index (κ2) is 6.37. The highest BCUT2D eigenvalue weighted by molar-refractivity contribution is 6.17. The van der Waals surface area contributed by atoms with Crippen LogP contribution in [-0.4, -0.2) is 52.9 Å². The van der Waals surface area contributed by atoms with Gasteiger partial charge < -0.3 is 9.84 Å². The molecule has 0 fully saturated rings. The number of amides is 1. The van der Waals surface area contributed by atoms with Gasteiger partial charge in [0, 0.05) is 6.54 Å². The lowest BCUT2D eigenvalue weighted by molar-refractivity contribution is -0.150. The van der Waals surface area contributed by atoms with E-state index in [2.05, 4.69) is 0 Å². The number of hydrogen-bond acceptors (Lipinski definition) is 5. The number of carbonyl (C=O) groups is 2. The number of aliphatic hydroxyl groups excluding tert-OH is 1. The summed E-state index contributed by atoms with van der Waals surface area (Å²) in [6, 6.07) is 0. The van der Waals surface area contributed by atoms with E-state index in [1.54, 1.807) is 6.92 Å². The maximum atomic E-state index is 13.7. The number of fused-ring (bicyclic) bond motifs is 1. The molecule has 0 spiro atoms. The number of rotatable bonds is 5. The molecule has 0 saturated heterocycles. The first-order chi connectivity index (χ1) is 10.4. The zero-order valence-electron chi connectivity index (χ0n) is 13.0. The molecule has 122 valence electrons. The number of carbonyl (C=O) groups excluding carboxylic acids is 2. The molecule has 0 aromatic rings. The van der Waals surface area contributed by atoms with Gasteiger partial charge in [-0.25, -0.2) is 14.2 Å². The molecule has 0 bridgehead atoms. The lowest BCUT2D eigenvalue weighted by Gasteiger charge is -2.39. The molecule has 2 aliphatic heterocycles. The highest BCUT2D eigenvalue weighted by Gasteiger charge is 2.43. The minimum Gasteiger partial charge on any atom is -0.505 e. The average Bonchev–Trinajstić information content (AvgIpc) is 2.80. The van der Waals surface area contributed by atoms with Gasteiger partial charge in [-0.05, 0) is 25.3 Å². The fraction of sp³-hybridized carbons (Fsp3) is 0.600. The molecular weight excluding hydrogens is 291 g/mol. The van der Waals surface area contributed by atoms with Crippen molar-refractivity contribution in [1.82, 2.24) is 10.0 Å². The predicted octanol–water partition coefficient (Wildman–Crippen LogP) is 1.70. The van der Waals surface area contributed by atoms with Crippen LogP contribution in [-0.2, 0) is 14.3 Å². The van der Waals surface area contributed by atoms with E-state index in [-0.39, 0.29) is 18.8 Å². The van der Waals surface area contributed by atoms with Crippen LogP contribution in [0.4, 0.5) is 4.39 Å². The SMILES string of the molecule is CCOC(=O)C1=C(O)C2=CC(F)CN2N(CCC(C)C)C1=O. The summed E-state index contributed by atoms with van der Waals surface area (Å²) in [5.74, 6) is -1.70. The highest BCUT2D eigenvalue weighted by atomic mass is 19.1. The van der Waals surface area contributed by atoms with Gasteiger partial charge in [-0.3, -0.25) is 9.80 Å². The van der Waals surface area contributed by atoms with Crippen molar-refractivity contribution in [2.75, 3.05) is 19.7 Å². The molecule has 1 unspecified atom stereocenters. The number of nitrogens with zero attached hydrogens (tertiary/aromatic N) is 2. The Bertz CT molecular complexity index is 542. The predicted molar refractivity (Wildman–Crippen MR) is 77.1 cm³/mol. The van der Waals surface area contributed by atoms with Crippen molar-refractivity contribution in [2.45, 2.75) is 33.4 Å². The van der Waals surface area contributed by atoms with E-state index in [0.717, 1.165) is 0 Å². The fourth-order valence-electron chi connectivity index (χ4n) is 2.46. The van der Waals surface area contributed by atoms with Crippen LogP contribution >= 0.6 is 0 Å². The van der Waals surface area contributed by atoms with E-state index in [9.17, 15) is 19.1 Å². The Morgan fingerprint density at radius 3 is 2.82 bits per heavy atom. The van der Waals surface area contributed by atoms with Gasteiger partial charge in [-0.2, -0.15) is 0 Å². The first-order valence-corrected chi connectivity index (χ1v) is 7.42. The van der Waals surface area contributed by atoms with Gasteiger partial charge in [0.1, 0.15) is 6.17 Å². The Morgan fingerprint density at radius 1 is 1.55 bits per heavy atom. The summed E-state index contributed by atoms with van der Waals surface area (Å²) in [6.45, 7) is 6.01. The molecule has 1 atom stereocenters. The Hall–Kier alpha value is -2.05. The minimum atomic E-state index is -1.30. The molecular formula is C15H21FN2O4. The molecule has 0 radical (unpaired) electrons. The molecule has 0 aromatic heterocycles. The number of esters is 1. The van der Waals surface area contributed by atoms with E-state index in [1.165, 1.54) is 16.1 Å². The first kappa shape index (κ1) is 16.3. The number of aliphatic hydroxyl groups is 1. The maximum absolute atomic E-state index is 13.7. The second-order valence-corrected chi connectivity index (χ2v) is 5.70. The van der Waals surface area contributed by atoms with Crippen molar-refractivity contribution < 1.29 is 23.8 Å². The highest BCUT2D eigenvalue weighted by Crippen LogP contribution is 2.33. The smallest absolute Gasteiger partial charge is 0.347 e. The summed E-state index contributed by atoms with van der Waals surface area (Å²) >= 11 is 0. The average molecular weight is 312 g/mol. The van der Waals surface area contributed by atoms with E-state index in [0.29, 0.717) is 18.9 Å². The molecule has 2 heterocycles. The van der Waals surface area contributed by atoms with Crippen LogP contribution in [0.5, 0.6) is 0 Å². The van der Waals surface area contributed by atoms with E-state index >= 15 is 0 Å². The van der Waals surface area contributed by atoms with Crippen LogP contribution in [0.15, 0.2) is 23.1 Å². The summed E-state index contributed by atoms with van der Waals surface area (Å²) in [5, 5.41) is 12.9. The Kier molecular flexibility index (Phi) is 4.73. The Morgan fingerprint density at radius 2 is 2.23 bits per heavy atom. The molecule has 6 nitrogen and oxygen atoms in total. The molecule has 22 heavy (non-hydrogen) atoms. The fourth-order valence-corrected chi connectivity index (χ4v) is 2.46. The van der Waals surface area contributed by atoms with Crippen molar-refractivity contribution >= 4 is 11.9 Å². The molecule has 2 rings (SSSR count). The molecule has 0 aliphatic carbocycles. The van der Waals surface area contributed by atoms with Crippen molar-refractivity contribution in [1.29, 1.82) is 0 Å². The molecule has 0 saturated carbocycles. The number of hydrogen-bond donors (Lipinski definition) is 1. The quantitative estimate of drug-likeness (QED) is 0.618. The normalized spacial score (nSPS) is 21.4. The number of alkyl halides is 1. The summed E-state index contributed by atoms with van der Waals surface area (Å²) in [4.78, 5) is 24.5. The minimum absolute atomic E-state index is 0.0423. The topological polar surface area (TPSA) is 70.1 Å². The molecule has 2 aliphatic rings. The lowest BCUT2D eigenvalue weighted by Crippen LogP contribution is -2.51. The molecule has 7 heteroatoms. The lowest BCUT2D eigenvalue weighted by atomic mass is 10.1. The first-order valence-electron chi connectivity index (χ1n) is 7.42. The third-order valence-electron chi connectivity index (χ3n) is 3.58. The van der Waals surface area contributed by atoms with Crippen molar-refractivity contribution in [2.24, 2.45) is 5.92 Å². The third-order valence-corrected chi connectivity index (χ3v) is 3.58. The Labute approximate surface area is 128 Å². The zero-order chi connectivity index (χ0) is 16.4. The maximum Gasteiger partial charge on any atom is 0.347 e. The van der Waals surface area contributed by atoms with Crippen LogP contribution < -0.4 is 0 Å². The van der Waals surface area contributed by atoms with Gasteiger partial charge in [0.25, 0.3) is 5.91 Å². The zero-order valence-corrected chi connectivity index (χ0v) is 13.0. The van der Waals surface area contributed by atoms with E-state index in [4.69, 9.17) is 4.74 Å². The largest absolute Gasteiger partial charge is 0.505 e. The van der Waals surface area contributed by atoms with Gasteiger partial charge in [0.15, 0.2) is 11.3 Å². The van der Waals surface area contributed by atoms with Crippen LogP contribution in [0.2, 0.25) is 0 Å². The van der Waals surface area contributed by atoms with Crippen molar-refractivity contribution in [3.8, 4) is 0 Å². The summed E-state index contributed by atoms with van der Waals surface area (Å²) in [7, 11) is 0. The molecule has 1 N–H and O–H groups in total. The van der Waals surface area contributed by atoms with E-state index < -0.39 is 29.4 Å². The third kappa shape index (κ3) is 2.93. The van der Waals surface area contributed by atoms with Gasteiger partial charge in [-0.1, -0.05) is 13.8 Å². The van der Waals surface area contributed by atoms with Gasteiger partial charge in [0.05, 0.1) is 18.8 Å². The van der Waals surface area contributed by atoms with E-state index in [1.807, 2.05) is 13.8 Å². The van der Waals surface area contributed by atoms with Crippen LogP contribution in [0.1, 0.15) is 27.2 Å². The van der Waals surface area contributed by atoms with Crippen LogP contribution in [0, 0.1) is 5.92 Å². The summed E-state index contributed by atoms with van der Waals surface area (Å²) in [6.07, 6.45) is 0.611. The Balaban J connectivity index is 2.37. The van der Waals surface area contributed by atoms with Crippen LogP contribution in [0.25, 0.3) is 0 Å². The molecule has 1 amide bonds. The standard InChI is InChI=1S/C15H21FN2O4/c1-4-22-15(21)12-13(19)11-7-10(16)8-18(11)17(14(12)20)6-5-9(2)3/h7,9-10,19H,4-6,8H2,1-3H3. The summed E-state index contributed by atoms with van der Waals surface area (Å²) in [5.41, 5.74) is -0.277. The monoisotopic (exact) mass is 312 g/mol. The number of hydrazine groups is 1. The number of ether oxygens (including phenoxy) is 1. The second-order valence-electron chi connectivity index (χ2n) is 5.70. The molecule has 0 aromatic carbocycles. The van der Waals surface area contributed by atoms with Crippen LogP contribution in [0.3, 0.4) is 0 Å². The number of halogens is 1.